The molecule has 2 aliphatic heterocycles. The number of carbonyl (C=O) groups excluding carboxylic acids is 2. The van der Waals surface area contributed by atoms with Crippen LogP contribution < -0.4 is 10.9 Å². The number of aromatic nitrogens is 2. The third-order valence-electron chi connectivity index (χ3n) is 8.83. The number of ether oxygens (including phenoxy) is 1. The normalized spacial score (nSPS) is 23.9. The Balaban J connectivity index is 1.49. The monoisotopic (exact) mass is 519 g/mol. The fourth-order valence-electron chi connectivity index (χ4n) is 6.34. The van der Waals surface area contributed by atoms with Crippen LogP contribution in [0.15, 0.2) is 16.9 Å². The minimum atomic E-state index is -1.96. The number of rotatable bonds is 3. The lowest BCUT2D eigenvalue weighted by Gasteiger charge is -2.31. The van der Waals surface area contributed by atoms with Gasteiger partial charge in [-0.05, 0) is 61.8 Å². The molecular formula is C28H26FN3O6. The van der Waals surface area contributed by atoms with Gasteiger partial charge in [0.2, 0.25) is 0 Å². The molecule has 4 aliphatic rings. The molecule has 0 unspecified atom stereocenters. The lowest BCUT2D eigenvalue weighted by atomic mass is 9.81. The summed E-state index contributed by atoms with van der Waals surface area (Å²) in [4.78, 5) is 43.8. The van der Waals surface area contributed by atoms with E-state index in [1.54, 1.807) is 19.9 Å². The summed E-state index contributed by atoms with van der Waals surface area (Å²) in [7, 11) is 0. The first-order chi connectivity index (χ1) is 18.1. The van der Waals surface area contributed by atoms with Gasteiger partial charge in [0.25, 0.3) is 11.5 Å². The van der Waals surface area contributed by atoms with E-state index in [-0.39, 0.29) is 36.5 Å². The van der Waals surface area contributed by atoms with Gasteiger partial charge in [-0.25, -0.2) is 14.2 Å². The number of carbonyl (C=O) groups is 2. The summed E-state index contributed by atoms with van der Waals surface area (Å²) in [5.74, 6) is -1.63. The van der Waals surface area contributed by atoms with E-state index >= 15 is 0 Å². The van der Waals surface area contributed by atoms with Crippen molar-refractivity contribution in [2.45, 2.75) is 76.3 Å². The van der Waals surface area contributed by atoms with Gasteiger partial charge in [0.1, 0.15) is 18.0 Å². The molecule has 0 saturated heterocycles. The molecular weight excluding hydrogens is 493 g/mol. The number of cyclic esters (lactones) is 1. The van der Waals surface area contributed by atoms with Crippen molar-refractivity contribution >= 4 is 22.8 Å². The van der Waals surface area contributed by atoms with Crippen molar-refractivity contribution in [1.29, 1.82) is 0 Å². The van der Waals surface area contributed by atoms with E-state index in [0.717, 1.165) is 22.1 Å². The first kappa shape index (κ1) is 23.5. The number of amides is 1. The molecule has 2 aromatic heterocycles. The van der Waals surface area contributed by atoms with Crippen LogP contribution in [-0.4, -0.2) is 37.2 Å². The zero-order chi connectivity index (χ0) is 26.7. The Bertz CT molecular complexity index is 1690. The smallest absolute Gasteiger partial charge is 0.343 e. The minimum Gasteiger partial charge on any atom is -0.458 e. The first-order valence-corrected chi connectivity index (χ1v) is 12.9. The van der Waals surface area contributed by atoms with Gasteiger partial charge in [0, 0.05) is 22.6 Å². The lowest BCUT2D eigenvalue weighted by Crippen LogP contribution is -2.44. The Kier molecular flexibility index (Phi) is 4.62. The predicted molar refractivity (Wildman–Crippen MR) is 133 cm³/mol. The molecule has 2 atom stereocenters. The maximum absolute atomic E-state index is 15.0. The number of hydrogen-bond donors (Lipinski definition) is 3. The summed E-state index contributed by atoms with van der Waals surface area (Å²) in [5, 5.41) is 25.3. The van der Waals surface area contributed by atoms with E-state index in [0.29, 0.717) is 48.2 Å². The topological polar surface area (TPSA) is 131 Å². The molecule has 196 valence electrons. The van der Waals surface area contributed by atoms with Crippen LogP contribution in [-0.2, 0) is 39.5 Å². The van der Waals surface area contributed by atoms with Crippen LogP contribution in [0.25, 0.3) is 22.3 Å². The summed E-state index contributed by atoms with van der Waals surface area (Å²) >= 11 is 0. The van der Waals surface area contributed by atoms with Gasteiger partial charge in [-0.1, -0.05) is 6.92 Å². The molecule has 4 heterocycles. The molecule has 0 spiro atoms. The third-order valence-corrected chi connectivity index (χ3v) is 8.83. The minimum absolute atomic E-state index is 0.0237. The SMILES string of the molecule is CC[C@@]1(O)C(=O)OCc2c1cc1n(c2=O)Cc2c-1nc1cc(F)c(C)c3c1c2[C@@H](NC(=O)C1(O)CC1)CC3. The van der Waals surface area contributed by atoms with E-state index in [4.69, 9.17) is 9.72 Å². The molecule has 9 nitrogen and oxygen atoms in total. The summed E-state index contributed by atoms with van der Waals surface area (Å²) in [6.07, 6.45) is 1.87. The van der Waals surface area contributed by atoms with Crippen LogP contribution in [0.4, 0.5) is 4.39 Å². The molecule has 1 saturated carbocycles. The Morgan fingerprint density at radius 3 is 2.71 bits per heavy atom. The zero-order valence-corrected chi connectivity index (χ0v) is 21.0. The van der Waals surface area contributed by atoms with Gasteiger partial charge in [0.15, 0.2) is 5.60 Å². The highest BCUT2D eigenvalue weighted by atomic mass is 19.1. The zero-order valence-electron chi connectivity index (χ0n) is 21.0. The van der Waals surface area contributed by atoms with E-state index in [9.17, 15) is 29.0 Å². The number of aryl methyl sites for hydroxylation is 1. The molecule has 7 rings (SSSR count). The van der Waals surface area contributed by atoms with E-state index in [1.165, 1.54) is 10.6 Å². The highest BCUT2D eigenvalue weighted by molar-refractivity contribution is 5.95. The van der Waals surface area contributed by atoms with Crippen molar-refractivity contribution in [3.05, 3.63) is 61.7 Å². The number of fused-ring (bicyclic) bond motifs is 5. The summed E-state index contributed by atoms with van der Waals surface area (Å²) in [6, 6.07) is 2.53. The lowest BCUT2D eigenvalue weighted by molar-refractivity contribution is -0.172. The van der Waals surface area contributed by atoms with Crippen LogP contribution >= 0.6 is 0 Å². The molecule has 3 aromatic rings. The molecule has 0 bridgehead atoms. The second-order valence-corrected chi connectivity index (χ2v) is 10.9. The van der Waals surface area contributed by atoms with E-state index in [2.05, 4.69) is 5.32 Å². The van der Waals surface area contributed by atoms with Crippen molar-refractivity contribution in [3.63, 3.8) is 0 Å². The quantitative estimate of drug-likeness (QED) is 0.354. The Morgan fingerprint density at radius 2 is 2.00 bits per heavy atom. The standard InChI is InChI=1S/C28H26FN3O6/c1-3-28(37)16-8-20-23-14(10-32(20)24(33)15(16)11-38-26(28)35)22-18(31-25(34)27(36)6-7-27)5-4-13-12(2)17(29)9-19(30-23)21(13)22/h8-9,18,36-37H,3-7,10-11H2,1-2H3,(H,31,34)/t18-,28-/m0/s1. The second kappa shape index (κ2) is 7.48. The number of benzene rings is 1. The Morgan fingerprint density at radius 1 is 1.24 bits per heavy atom. The van der Waals surface area contributed by atoms with Crippen molar-refractivity contribution in [2.24, 2.45) is 0 Å². The highest BCUT2D eigenvalue weighted by Gasteiger charge is 2.49. The van der Waals surface area contributed by atoms with Crippen molar-refractivity contribution in [1.82, 2.24) is 14.9 Å². The molecule has 1 aromatic carbocycles. The van der Waals surface area contributed by atoms with Gasteiger partial charge < -0.3 is 24.8 Å². The van der Waals surface area contributed by atoms with Crippen LogP contribution in [0.2, 0.25) is 0 Å². The molecule has 3 N–H and O–H groups in total. The van der Waals surface area contributed by atoms with Crippen molar-refractivity contribution < 1.29 is 28.9 Å². The maximum Gasteiger partial charge on any atom is 0.343 e. The summed E-state index contributed by atoms with van der Waals surface area (Å²) in [5.41, 5.74) is 0.832. The van der Waals surface area contributed by atoms with Gasteiger partial charge >= 0.3 is 5.97 Å². The number of esters is 1. The summed E-state index contributed by atoms with van der Waals surface area (Å²) < 4.78 is 21.7. The average Bonchev–Trinajstić information content (AvgIpc) is 3.55. The van der Waals surface area contributed by atoms with Crippen LogP contribution in [0, 0.1) is 12.7 Å². The van der Waals surface area contributed by atoms with Crippen molar-refractivity contribution in [2.75, 3.05) is 0 Å². The van der Waals surface area contributed by atoms with E-state index < -0.39 is 34.7 Å². The number of halogens is 1. The molecule has 10 heteroatoms. The number of aliphatic hydroxyl groups is 2. The predicted octanol–water partition coefficient (Wildman–Crippen LogP) is 2.16. The second-order valence-electron chi connectivity index (χ2n) is 10.9. The van der Waals surface area contributed by atoms with Crippen LogP contribution in [0.5, 0.6) is 0 Å². The first-order valence-electron chi connectivity index (χ1n) is 12.9. The Labute approximate surface area is 216 Å². The largest absolute Gasteiger partial charge is 0.458 e. The fraction of sp³-hybridized carbons (Fsp3) is 0.429. The van der Waals surface area contributed by atoms with Crippen LogP contribution in [0.3, 0.4) is 0 Å². The molecule has 1 fully saturated rings. The van der Waals surface area contributed by atoms with Gasteiger partial charge in [-0.3, -0.25) is 9.59 Å². The molecule has 2 aliphatic carbocycles. The highest BCUT2D eigenvalue weighted by Crippen LogP contribution is 2.46. The number of hydrogen-bond acceptors (Lipinski definition) is 7. The van der Waals surface area contributed by atoms with Gasteiger partial charge in [0.05, 0.1) is 35.1 Å². The molecule has 1 amide bonds. The number of pyridine rings is 2. The average molecular weight is 520 g/mol. The van der Waals surface area contributed by atoms with Gasteiger partial charge in [-0.15, -0.1) is 0 Å². The summed E-state index contributed by atoms with van der Waals surface area (Å²) in [6.45, 7) is 3.29. The van der Waals surface area contributed by atoms with Gasteiger partial charge in [-0.2, -0.15) is 0 Å². The van der Waals surface area contributed by atoms with Crippen LogP contribution in [0.1, 0.15) is 72.0 Å². The third kappa shape index (κ3) is 2.92. The molecule has 0 radical (unpaired) electrons. The van der Waals surface area contributed by atoms with Crippen molar-refractivity contribution in [3.8, 4) is 11.4 Å². The molecule has 38 heavy (non-hydrogen) atoms. The Hall–Kier alpha value is -3.63. The fourth-order valence-corrected chi connectivity index (χ4v) is 6.34. The number of nitrogens with one attached hydrogen (secondary N) is 1. The maximum atomic E-state index is 15.0. The number of nitrogens with zero attached hydrogens (tertiary/aromatic N) is 2. The van der Waals surface area contributed by atoms with E-state index in [1.807, 2.05) is 0 Å².